The Bertz CT molecular complexity index is 388. The molecule has 0 bridgehead atoms. The molecule has 0 radical (unpaired) electrons. The number of ether oxygens (including phenoxy) is 1. The number of amides is 1. The minimum atomic E-state index is -0.803. The summed E-state index contributed by atoms with van der Waals surface area (Å²) in [5.41, 5.74) is -0.544. The third-order valence-electron chi connectivity index (χ3n) is 4.25. The Morgan fingerprint density at radius 2 is 1.85 bits per heavy atom. The van der Waals surface area contributed by atoms with E-state index in [0.717, 1.165) is 25.7 Å². The Morgan fingerprint density at radius 3 is 2.45 bits per heavy atom. The van der Waals surface area contributed by atoms with Crippen LogP contribution in [-0.2, 0) is 9.53 Å². The van der Waals surface area contributed by atoms with Crippen molar-refractivity contribution in [2.75, 3.05) is 6.54 Å². The van der Waals surface area contributed by atoms with E-state index in [-0.39, 0.29) is 18.7 Å². The van der Waals surface area contributed by atoms with E-state index in [2.05, 4.69) is 0 Å². The standard InChI is InChI=1S/C15H25NO4/c1-15(2,3)20-14(19)16-9-11(13(17)18)8-10-6-4-5-7-12(10)16/h10-12H,4-9H2,1-3H3,(H,17,18)/t10-,11+,12+/m0/s1. The average molecular weight is 283 g/mol. The number of carbonyl (C=O) groups excluding carboxylic acids is 1. The molecule has 1 heterocycles. The fraction of sp³-hybridized carbons (Fsp3) is 0.867. The zero-order valence-electron chi connectivity index (χ0n) is 12.6. The summed E-state index contributed by atoms with van der Waals surface area (Å²) in [7, 11) is 0. The number of likely N-dealkylation sites (tertiary alicyclic amines) is 1. The van der Waals surface area contributed by atoms with Gasteiger partial charge in [-0.05, 0) is 46.0 Å². The van der Waals surface area contributed by atoms with Crippen LogP contribution < -0.4 is 0 Å². The van der Waals surface area contributed by atoms with E-state index in [1.54, 1.807) is 4.90 Å². The first-order chi connectivity index (χ1) is 9.28. The van der Waals surface area contributed by atoms with Gasteiger partial charge in [0, 0.05) is 12.6 Å². The molecule has 2 aliphatic rings. The highest BCUT2D eigenvalue weighted by atomic mass is 16.6. The lowest BCUT2D eigenvalue weighted by Gasteiger charge is -2.46. The maximum absolute atomic E-state index is 12.3. The van der Waals surface area contributed by atoms with E-state index in [1.807, 2.05) is 20.8 Å². The zero-order valence-corrected chi connectivity index (χ0v) is 12.6. The maximum Gasteiger partial charge on any atom is 0.410 e. The van der Waals surface area contributed by atoms with Gasteiger partial charge in [-0.15, -0.1) is 0 Å². The lowest BCUT2D eigenvalue weighted by atomic mass is 9.75. The van der Waals surface area contributed by atoms with Gasteiger partial charge in [-0.2, -0.15) is 0 Å². The van der Waals surface area contributed by atoms with Crippen molar-refractivity contribution in [1.29, 1.82) is 0 Å². The summed E-state index contributed by atoms with van der Waals surface area (Å²) in [6.45, 7) is 5.79. The van der Waals surface area contributed by atoms with Gasteiger partial charge in [0.25, 0.3) is 0 Å². The Labute approximate surface area is 120 Å². The van der Waals surface area contributed by atoms with Gasteiger partial charge in [-0.25, -0.2) is 4.79 Å². The second-order valence-electron chi connectivity index (χ2n) is 7.02. The van der Waals surface area contributed by atoms with Crippen LogP contribution in [0.1, 0.15) is 52.9 Å². The second-order valence-corrected chi connectivity index (χ2v) is 7.02. The summed E-state index contributed by atoms with van der Waals surface area (Å²) in [4.78, 5) is 25.3. The number of carbonyl (C=O) groups is 2. The van der Waals surface area contributed by atoms with Gasteiger partial charge >= 0.3 is 12.1 Å². The molecule has 0 aromatic carbocycles. The molecular formula is C15H25NO4. The van der Waals surface area contributed by atoms with Crippen molar-refractivity contribution in [2.24, 2.45) is 11.8 Å². The Kier molecular flexibility index (Phi) is 4.25. The topological polar surface area (TPSA) is 66.8 Å². The average Bonchev–Trinajstić information content (AvgIpc) is 2.35. The molecule has 0 spiro atoms. The van der Waals surface area contributed by atoms with Crippen LogP contribution in [0.4, 0.5) is 4.79 Å². The predicted octanol–water partition coefficient (Wildman–Crippen LogP) is 2.89. The predicted molar refractivity (Wildman–Crippen MR) is 74.4 cm³/mol. The van der Waals surface area contributed by atoms with Gasteiger partial charge in [0.1, 0.15) is 5.60 Å². The third kappa shape index (κ3) is 3.44. The van der Waals surface area contributed by atoms with Crippen LogP contribution in [0, 0.1) is 11.8 Å². The summed E-state index contributed by atoms with van der Waals surface area (Å²) < 4.78 is 5.45. The van der Waals surface area contributed by atoms with Gasteiger partial charge < -0.3 is 14.7 Å². The lowest BCUT2D eigenvalue weighted by Crippen LogP contribution is -2.55. The molecule has 0 aromatic heterocycles. The fourth-order valence-electron chi connectivity index (χ4n) is 3.40. The van der Waals surface area contributed by atoms with Crippen molar-refractivity contribution < 1.29 is 19.4 Å². The molecule has 1 aliphatic carbocycles. The first kappa shape index (κ1) is 15.1. The minimum absolute atomic E-state index is 0.161. The van der Waals surface area contributed by atoms with Gasteiger partial charge in [0.2, 0.25) is 0 Å². The number of hydrogen-bond donors (Lipinski definition) is 1. The van der Waals surface area contributed by atoms with Gasteiger partial charge in [-0.1, -0.05) is 12.8 Å². The van der Waals surface area contributed by atoms with Crippen LogP contribution in [0.15, 0.2) is 0 Å². The lowest BCUT2D eigenvalue weighted by molar-refractivity contribution is -0.145. The van der Waals surface area contributed by atoms with E-state index in [4.69, 9.17) is 4.74 Å². The number of piperidine rings is 1. The molecule has 0 aromatic rings. The molecule has 5 heteroatoms. The van der Waals surface area contributed by atoms with Crippen LogP contribution in [0.5, 0.6) is 0 Å². The summed E-state index contributed by atoms with van der Waals surface area (Å²) in [5.74, 6) is -0.949. The van der Waals surface area contributed by atoms with Crippen LogP contribution in [0.25, 0.3) is 0 Å². The normalized spacial score (nSPS) is 30.6. The Hall–Kier alpha value is -1.26. The van der Waals surface area contributed by atoms with Crippen LogP contribution in [0.2, 0.25) is 0 Å². The van der Waals surface area contributed by atoms with Gasteiger partial charge in [-0.3, -0.25) is 4.79 Å². The molecule has 2 rings (SSSR count). The number of nitrogens with zero attached hydrogens (tertiary/aromatic N) is 1. The van der Waals surface area contributed by atoms with E-state index in [0.29, 0.717) is 12.3 Å². The monoisotopic (exact) mass is 283 g/mol. The summed E-state index contributed by atoms with van der Waals surface area (Å²) in [5, 5.41) is 9.28. The fourth-order valence-corrected chi connectivity index (χ4v) is 3.40. The highest BCUT2D eigenvalue weighted by Crippen LogP contribution is 2.38. The second kappa shape index (κ2) is 5.62. The van der Waals surface area contributed by atoms with Crippen LogP contribution in [-0.4, -0.2) is 40.3 Å². The first-order valence-electron chi connectivity index (χ1n) is 7.50. The van der Waals surface area contributed by atoms with Crippen molar-refractivity contribution in [3.8, 4) is 0 Å². The van der Waals surface area contributed by atoms with Crippen molar-refractivity contribution >= 4 is 12.1 Å². The van der Waals surface area contributed by atoms with Crippen molar-refractivity contribution in [3.05, 3.63) is 0 Å². The maximum atomic E-state index is 12.3. The molecule has 1 saturated carbocycles. The molecule has 20 heavy (non-hydrogen) atoms. The quantitative estimate of drug-likeness (QED) is 0.803. The Balaban J connectivity index is 2.14. The first-order valence-corrected chi connectivity index (χ1v) is 7.50. The van der Waals surface area contributed by atoms with Crippen molar-refractivity contribution in [1.82, 2.24) is 4.90 Å². The van der Waals surface area contributed by atoms with E-state index < -0.39 is 17.5 Å². The molecule has 2 fully saturated rings. The molecule has 1 amide bonds. The Morgan fingerprint density at radius 1 is 1.20 bits per heavy atom. The molecular weight excluding hydrogens is 258 g/mol. The van der Waals surface area contributed by atoms with E-state index >= 15 is 0 Å². The molecule has 5 nitrogen and oxygen atoms in total. The largest absolute Gasteiger partial charge is 0.481 e. The van der Waals surface area contributed by atoms with E-state index in [9.17, 15) is 14.7 Å². The molecule has 1 N–H and O–H groups in total. The molecule has 1 saturated heterocycles. The van der Waals surface area contributed by atoms with Crippen LogP contribution >= 0.6 is 0 Å². The molecule has 114 valence electrons. The van der Waals surface area contributed by atoms with Gasteiger partial charge in [0.05, 0.1) is 5.92 Å². The minimum Gasteiger partial charge on any atom is -0.481 e. The SMILES string of the molecule is CC(C)(C)OC(=O)N1C[C@H](C(=O)O)C[C@@H]2CCCC[C@H]21. The van der Waals surface area contributed by atoms with E-state index in [1.165, 1.54) is 0 Å². The molecule has 1 aliphatic heterocycles. The number of rotatable bonds is 1. The molecule has 0 unspecified atom stereocenters. The number of aliphatic carboxylic acids is 1. The number of carboxylic acid groups (broad SMARTS) is 1. The number of hydrogen-bond acceptors (Lipinski definition) is 3. The summed E-state index contributed by atoms with van der Waals surface area (Å²) in [6.07, 6.45) is 4.57. The zero-order chi connectivity index (χ0) is 14.9. The van der Waals surface area contributed by atoms with Crippen molar-refractivity contribution in [2.45, 2.75) is 64.5 Å². The summed E-state index contributed by atoms with van der Waals surface area (Å²) in [6, 6.07) is 0.161. The van der Waals surface area contributed by atoms with Gasteiger partial charge in [0.15, 0.2) is 0 Å². The highest BCUT2D eigenvalue weighted by Gasteiger charge is 2.43. The third-order valence-corrected chi connectivity index (χ3v) is 4.25. The summed E-state index contributed by atoms with van der Waals surface area (Å²) >= 11 is 0. The number of carboxylic acids is 1. The molecule has 3 atom stereocenters. The van der Waals surface area contributed by atoms with Crippen molar-refractivity contribution in [3.63, 3.8) is 0 Å². The smallest absolute Gasteiger partial charge is 0.410 e. The number of fused-ring (bicyclic) bond motifs is 1. The van der Waals surface area contributed by atoms with Crippen LogP contribution in [0.3, 0.4) is 0 Å². The highest BCUT2D eigenvalue weighted by molar-refractivity contribution is 5.73.